The maximum absolute atomic E-state index is 11.1. The molecule has 0 spiro atoms. The molecule has 1 aromatic rings. The van der Waals surface area contributed by atoms with Crippen LogP contribution in [0.15, 0.2) is 30.3 Å². The Morgan fingerprint density at radius 3 is 2.36 bits per heavy atom. The lowest BCUT2D eigenvalue weighted by Gasteiger charge is -2.08. The number of rotatable bonds is 2. The standard InChI is InChI=1S/C10H13NO2.ClH/c1-8(2)13-10(12)11-9-6-4-3-5-7-9;/h3-8H,1-2H3,(H,11,12);1H. The average molecular weight is 216 g/mol. The van der Waals surface area contributed by atoms with Gasteiger partial charge in [-0.1, -0.05) is 18.2 Å². The van der Waals surface area contributed by atoms with Gasteiger partial charge in [-0.15, -0.1) is 12.4 Å². The molecule has 14 heavy (non-hydrogen) atoms. The van der Waals surface area contributed by atoms with Crippen LogP contribution >= 0.6 is 12.4 Å². The van der Waals surface area contributed by atoms with Gasteiger partial charge in [-0.2, -0.15) is 0 Å². The SMILES string of the molecule is CC(C)OC(=O)Nc1ccccc1.Cl. The van der Waals surface area contributed by atoms with Crippen molar-refractivity contribution in [1.82, 2.24) is 0 Å². The maximum Gasteiger partial charge on any atom is 0.411 e. The number of hydrogen-bond donors (Lipinski definition) is 1. The summed E-state index contributed by atoms with van der Waals surface area (Å²) < 4.78 is 4.90. The number of amides is 1. The minimum Gasteiger partial charge on any atom is -0.447 e. The Hall–Kier alpha value is -1.22. The lowest BCUT2D eigenvalue weighted by Crippen LogP contribution is -2.17. The number of ether oxygens (including phenoxy) is 1. The van der Waals surface area contributed by atoms with E-state index in [1.807, 2.05) is 44.2 Å². The fraction of sp³-hybridized carbons (Fsp3) is 0.300. The fourth-order valence-corrected chi connectivity index (χ4v) is 0.883. The molecule has 0 aromatic heterocycles. The van der Waals surface area contributed by atoms with Crippen molar-refractivity contribution in [2.75, 3.05) is 5.32 Å². The second kappa shape index (κ2) is 6.27. The summed E-state index contributed by atoms with van der Waals surface area (Å²) in [5.41, 5.74) is 0.744. The summed E-state index contributed by atoms with van der Waals surface area (Å²) >= 11 is 0. The van der Waals surface area contributed by atoms with Gasteiger partial charge in [0.1, 0.15) is 0 Å². The van der Waals surface area contributed by atoms with Crippen LogP contribution in [0, 0.1) is 0 Å². The topological polar surface area (TPSA) is 38.3 Å². The van der Waals surface area contributed by atoms with Crippen LogP contribution in [0.3, 0.4) is 0 Å². The predicted octanol–water partition coefficient (Wildman–Crippen LogP) is 3.07. The lowest BCUT2D eigenvalue weighted by atomic mass is 10.3. The Bertz CT molecular complexity index is 275. The summed E-state index contributed by atoms with van der Waals surface area (Å²) in [5.74, 6) is 0. The van der Waals surface area contributed by atoms with Gasteiger partial charge < -0.3 is 4.74 Å². The van der Waals surface area contributed by atoms with Crippen LogP contribution in [0.1, 0.15) is 13.8 Å². The second-order valence-electron chi connectivity index (χ2n) is 2.95. The molecule has 1 aromatic carbocycles. The third-order valence-corrected chi connectivity index (χ3v) is 1.36. The summed E-state index contributed by atoms with van der Waals surface area (Å²) in [7, 11) is 0. The van der Waals surface area contributed by atoms with Crippen molar-refractivity contribution in [2.24, 2.45) is 0 Å². The molecule has 1 rings (SSSR count). The van der Waals surface area contributed by atoms with Crippen molar-refractivity contribution in [3.63, 3.8) is 0 Å². The Labute approximate surface area is 89.9 Å². The monoisotopic (exact) mass is 215 g/mol. The zero-order chi connectivity index (χ0) is 9.68. The number of anilines is 1. The minimum atomic E-state index is -0.416. The van der Waals surface area contributed by atoms with Crippen LogP contribution < -0.4 is 5.32 Å². The molecule has 0 fully saturated rings. The number of hydrogen-bond acceptors (Lipinski definition) is 2. The highest BCUT2D eigenvalue weighted by atomic mass is 35.5. The molecule has 3 nitrogen and oxygen atoms in total. The summed E-state index contributed by atoms with van der Waals surface area (Å²) in [6.07, 6.45) is -0.509. The van der Waals surface area contributed by atoms with Crippen molar-refractivity contribution >= 4 is 24.2 Å². The molecule has 0 aliphatic carbocycles. The zero-order valence-corrected chi connectivity index (χ0v) is 9.01. The van der Waals surface area contributed by atoms with Crippen molar-refractivity contribution in [3.05, 3.63) is 30.3 Å². The Kier molecular flexibility index (Phi) is 5.72. The third kappa shape index (κ3) is 4.72. The largest absolute Gasteiger partial charge is 0.447 e. The quantitative estimate of drug-likeness (QED) is 0.824. The van der Waals surface area contributed by atoms with Crippen LogP contribution in [-0.2, 0) is 4.74 Å². The van der Waals surface area contributed by atoms with E-state index >= 15 is 0 Å². The first-order chi connectivity index (χ1) is 6.18. The number of para-hydroxylation sites is 1. The summed E-state index contributed by atoms with van der Waals surface area (Å²) in [6.45, 7) is 3.62. The van der Waals surface area contributed by atoms with Gasteiger partial charge in [-0.05, 0) is 26.0 Å². The van der Waals surface area contributed by atoms with Gasteiger partial charge in [0.05, 0.1) is 6.10 Å². The molecule has 0 aliphatic heterocycles. The summed E-state index contributed by atoms with van der Waals surface area (Å²) in [5, 5.41) is 2.61. The van der Waals surface area contributed by atoms with E-state index in [1.54, 1.807) is 0 Å². The highest BCUT2D eigenvalue weighted by Gasteiger charge is 2.03. The molecule has 0 heterocycles. The van der Waals surface area contributed by atoms with Gasteiger partial charge in [-0.25, -0.2) is 4.79 Å². The third-order valence-electron chi connectivity index (χ3n) is 1.36. The van der Waals surface area contributed by atoms with Gasteiger partial charge in [-0.3, -0.25) is 5.32 Å². The maximum atomic E-state index is 11.1. The van der Waals surface area contributed by atoms with E-state index in [1.165, 1.54) is 0 Å². The highest BCUT2D eigenvalue weighted by molar-refractivity contribution is 5.85. The molecule has 0 radical (unpaired) electrons. The van der Waals surface area contributed by atoms with E-state index in [2.05, 4.69) is 5.32 Å². The van der Waals surface area contributed by atoms with Gasteiger partial charge >= 0.3 is 6.09 Å². The molecular formula is C10H14ClNO2. The molecule has 1 amide bonds. The number of carbonyl (C=O) groups excluding carboxylic acids is 1. The number of benzene rings is 1. The van der Waals surface area contributed by atoms with E-state index in [0.717, 1.165) is 5.69 Å². The number of carbonyl (C=O) groups is 1. The molecule has 0 aliphatic rings. The van der Waals surface area contributed by atoms with Gasteiger partial charge in [0, 0.05) is 5.69 Å². The van der Waals surface area contributed by atoms with Gasteiger partial charge in [0.25, 0.3) is 0 Å². The Morgan fingerprint density at radius 2 is 1.86 bits per heavy atom. The highest BCUT2D eigenvalue weighted by Crippen LogP contribution is 2.05. The van der Waals surface area contributed by atoms with E-state index < -0.39 is 6.09 Å². The van der Waals surface area contributed by atoms with Crippen LogP contribution in [0.4, 0.5) is 10.5 Å². The first-order valence-corrected chi connectivity index (χ1v) is 4.21. The molecule has 0 bridgehead atoms. The van der Waals surface area contributed by atoms with E-state index in [0.29, 0.717) is 0 Å². The zero-order valence-electron chi connectivity index (χ0n) is 8.19. The molecule has 1 N–H and O–H groups in total. The average Bonchev–Trinajstić information content (AvgIpc) is 2.04. The molecule has 78 valence electrons. The minimum absolute atomic E-state index is 0. The van der Waals surface area contributed by atoms with E-state index in [4.69, 9.17) is 4.74 Å². The number of nitrogens with one attached hydrogen (secondary N) is 1. The van der Waals surface area contributed by atoms with Crippen LogP contribution in [-0.4, -0.2) is 12.2 Å². The van der Waals surface area contributed by atoms with Crippen molar-refractivity contribution in [3.8, 4) is 0 Å². The van der Waals surface area contributed by atoms with Crippen molar-refractivity contribution in [1.29, 1.82) is 0 Å². The van der Waals surface area contributed by atoms with Gasteiger partial charge in [0.2, 0.25) is 0 Å². The lowest BCUT2D eigenvalue weighted by molar-refractivity contribution is 0.130. The Balaban J connectivity index is 0.00000169. The molecule has 0 saturated carbocycles. The number of halogens is 1. The normalized spacial score (nSPS) is 9.07. The van der Waals surface area contributed by atoms with E-state index in [-0.39, 0.29) is 18.5 Å². The molecule has 0 saturated heterocycles. The Morgan fingerprint density at radius 1 is 1.29 bits per heavy atom. The van der Waals surface area contributed by atoms with Crippen molar-refractivity contribution in [2.45, 2.75) is 20.0 Å². The smallest absolute Gasteiger partial charge is 0.411 e. The predicted molar refractivity (Wildman–Crippen MR) is 58.9 cm³/mol. The van der Waals surface area contributed by atoms with Crippen molar-refractivity contribution < 1.29 is 9.53 Å². The van der Waals surface area contributed by atoms with Crippen LogP contribution in [0.2, 0.25) is 0 Å². The van der Waals surface area contributed by atoms with E-state index in [9.17, 15) is 4.79 Å². The first kappa shape index (κ1) is 12.8. The van der Waals surface area contributed by atoms with Crippen LogP contribution in [0.25, 0.3) is 0 Å². The summed E-state index contributed by atoms with van der Waals surface area (Å²) in [4.78, 5) is 11.1. The van der Waals surface area contributed by atoms with Gasteiger partial charge in [0.15, 0.2) is 0 Å². The molecule has 0 unspecified atom stereocenters. The summed E-state index contributed by atoms with van der Waals surface area (Å²) in [6, 6.07) is 9.21. The molecule has 0 atom stereocenters. The molecule has 4 heteroatoms. The fourth-order valence-electron chi connectivity index (χ4n) is 0.883. The van der Waals surface area contributed by atoms with Crippen LogP contribution in [0.5, 0.6) is 0 Å². The first-order valence-electron chi connectivity index (χ1n) is 4.21. The molecular weight excluding hydrogens is 202 g/mol. The second-order valence-corrected chi connectivity index (χ2v) is 2.95.